The first-order valence-electron chi connectivity index (χ1n) is 6.56. The van der Waals surface area contributed by atoms with Gasteiger partial charge in [-0.3, -0.25) is 4.90 Å². The first kappa shape index (κ1) is 15.3. The lowest BCUT2D eigenvalue weighted by molar-refractivity contribution is -0.0972. The quantitative estimate of drug-likeness (QED) is 0.814. The molecule has 1 aromatic rings. The van der Waals surface area contributed by atoms with Gasteiger partial charge in [0.05, 0.1) is 18.8 Å². The van der Waals surface area contributed by atoms with E-state index in [0.717, 1.165) is 12.1 Å². The molecule has 110 valence electrons. The molecular weight excluding hydrogens is 279 g/mol. The average molecular weight is 298 g/mol. The molecule has 4 nitrogen and oxygen atoms in total. The van der Waals surface area contributed by atoms with Gasteiger partial charge in [0.25, 0.3) is 0 Å². The maximum atomic E-state index is 13.5. The van der Waals surface area contributed by atoms with Crippen LogP contribution in [-0.2, 0) is 11.3 Å². The Morgan fingerprint density at radius 1 is 1.55 bits per heavy atom. The zero-order valence-electron chi connectivity index (χ0n) is 11.4. The normalized spacial score (nSPS) is 23.8. The second-order valence-corrected chi connectivity index (χ2v) is 5.56. The van der Waals surface area contributed by atoms with E-state index in [-0.39, 0.29) is 29.4 Å². The minimum absolute atomic E-state index is 0.00237. The van der Waals surface area contributed by atoms with Crippen molar-refractivity contribution in [2.75, 3.05) is 19.7 Å². The van der Waals surface area contributed by atoms with E-state index in [1.165, 1.54) is 6.07 Å². The van der Waals surface area contributed by atoms with Crippen molar-refractivity contribution in [2.24, 2.45) is 5.73 Å². The van der Waals surface area contributed by atoms with Crippen molar-refractivity contribution in [2.45, 2.75) is 25.7 Å². The van der Waals surface area contributed by atoms with Crippen LogP contribution in [0.4, 0.5) is 4.39 Å². The standard InChI is InChI=1S/C14H19FN2O2S/c1-9-5-17(7-11(8-18)19-9)6-10-2-3-13(15)12(4-10)14(16)20/h2-4,9,11,18H,5-8H2,1H3,(H2,16,20). The number of morpholine rings is 1. The van der Waals surface area contributed by atoms with E-state index < -0.39 is 5.82 Å². The van der Waals surface area contributed by atoms with Gasteiger partial charge in [0.2, 0.25) is 0 Å². The summed E-state index contributed by atoms with van der Waals surface area (Å²) in [5, 5.41) is 9.21. The van der Waals surface area contributed by atoms with Gasteiger partial charge in [-0.1, -0.05) is 18.3 Å². The van der Waals surface area contributed by atoms with Gasteiger partial charge in [0.15, 0.2) is 0 Å². The van der Waals surface area contributed by atoms with Crippen molar-refractivity contribution in [1.82, 2.24) is 4.90 Å². The van der Waals surface area contributed by atoms with Gasteiger partial charge in [-0.2, -0.15) is 0 Å². The van der Waals surface area contributed by atoms with Crippen molar-refractivity contribution in [1.29, 1.82) is 0 Å². The predicted molar refractivity (Wildman–Crippen MR) is 79.0 cm³/mol. The monoisotopic (exact) mass is 298 g/mol. The molecule has 1 aromatic carbocycles. The molecule has 0 aliphatic carbocycles. The van der Waals surface area contributed by atoms with Gasteiger partial charge in [0, 0.05) is 25.2 Å². The zero-order valence-corrected chi connectivity index (χ0v) is 12.2. The summed E-state index contributed by atoms with van der Waals surface area (Å²) >= 11 is 4.84. The predicted octanol–water partition coefficient (Wildman–Crippen LogP) is 1.04. The first-order valence-corrected chi connectivity index (χ1v) is 6.97. The van der Waals surface area contributed by atoms with Crippen molar-refractivity contribution >= 4 is 17.2 Å². The summed E-state index contributed by atoms with van der Waals surface area (Å²) in [5.41, 5.74) is 6.73. The van der Waals surface area contributed by atoms with E-state index in [0.29, 0.717) is 13.1 Å². The number of ether oxygens (including phenoxy) is 1. The van der Waals surface area contributed by atoms with Crippen LogP contribution < -0.4 is 5.73 Å². The maximum Gasteiger partial charge on any atom is 0.133 e. The molecule has 3 N–H and O–H groups in total. The molecule has 2 unspecified atom stereocenters. The summed E-state index contributed by atoms with van der Waals surface area (Å²) in [7, 11) is 0. The molecule has 1 aliphatic heterocycles. The van der Waals surface area contributed by atoms with Gasteiger partial charge in [-0.05, 0) is 24.6 Å². The molecule has 0 radical (unpaired) electrons. The highest BCUT2D eigenvalue weighted by molar-refractivity contribution is 7.80. The van der Waals surface area contributed by atoms with Crippen LogP contribution in [0.5, 0.6) is 0 Å². The van der Waals surface area contributed by atoms with Crippen LogP contribution in [0.15, 0.2) is 18.2 Å². The molecule has 0 saturated carbocycles. The number of hydrogen-bond donors (Lipinski definition) is 2. The van der Waals surface area contributed by atoms with E-state index in [9.17, 15) is 9.50 Å². The van der Waals surface area contributed by atoms with Gasteiger partial charge < -0.3 is 15.6 Å². The van der Waals surface area contributed by atoms with Crippen LogP contribution in [0.2, 0.25) is 0 Å². The Morgan fingerprint density at radius 2 is 2.30 bits per heavy atom. The van der Waals surface area contributed by atoms with Crippen molar-refractivity contribution in [3.8, 4) is 0 Å². The Balaban J connectivity index is 2.09. The summed E-state index contributed by atoms with van der Waals surface area (Å²) in [4.78, 5) is 2.24. The van der Waals surface area contributed by atoms with Gasteiger partial charge in [-0.15, -0.1) is 0 Å². The Kier molecular flexibility index (Phi) is 5.04. The highest BCUT2D eigenvalue weighted by Gasteiger charge is 2.24. The first-order chi connectivity index (χ1) is 9.49. The topological polar surface area (TPSA) is 58.7 Å². The summed E-state index contributed by atoms with van der Waals surface area (Å²) in [5.74, 6) is -0.398. The van der Waals surface area contributed by atoms with E-state index in [1.807, 2.05) is 6.92 Å². The average Bonchev–Trinajstić information content (AvgIpc) is 2.40. The fourth-order valence-corrected chi connectivity index (χ4v) is 2.64. The fraction of sp³-hybridized carbons (Fsp3) is 0.500. The van der Waals surface area contributed by atoms with Crippen molar-refractivity contribution in [3.63, 3.8) is 0 Å². The highest BCUT2D eigenvalue weighted by Crippen LogP contribution is 2.16. The maximum absolute atomic E-state index is 13.5. The number of aliphatic hydroxyl groups is 1. The molecule has 1 saturated heterocycles. The second kappa shape index (κ2) is 6.58. The summed E-state index contributed by atoms with van der Waals surface area (Å²) in [6, 6.07) is 4.80. The molecule has 6 heteroatoms. The van der Waals surface area contributed by atoms with Crippen LogP contribution in [-0.4, -0.2) is 46.9 Å². The third-order valence-corrected chi connectivity index (χ3v) is 3.53. The van der Waals surface area contributed by atoms with Crippen molar-refractivity contribution < 1.29 is 14.2 Å². The number of hydrogen-bond acceptors (Lipinski definition) is 4. The molecule has 1 fully saturated rings. The van der Waals surface area contributed by atoms with E-state index in [4.69, 9.17) is 22.7 Å². The molecule has 1 aliphatic rings. The van der Waals surface area contributed by atoms with Gasteiger partial charge in [-0.25, -0.2) is 4.39 Å². The summed E-state index contributed by atoms with van der Waals surface area (Å²) in [6.07, 6.45) is -0.106. The molecule has 0 aromatic heterocycles. The minimum atomic E-state index is -0.398. The Bertz CT molecular complexity index is 498. The number of thiocarbonyl (C=S) groups is 1. The van der Waals surface area contributed by atoms with E-state index in [1.54, 1.807) is 12.1 Å². The molecule has 2 rings (SSSR count). The van der Waals surface area contributed by atoms with Crippen LogP contribution in [0, 0.1) is 5.82 Å². The molecule has 20 heavy (non-hydrogen) atoms. The fourth-order valence-electron chi connectivity index (χ4n) is 2.49. The lowest BCUT2D eigenvalue weighted by Crippen LogP contribution is -2.47. The number of rotatable bonds is 4. The SMILES string of the molecule is CC1CN(Cc2ccc(F)c(C(N)=S)c2)CC(CO)O1. The Hall–Kier alpha value is -1.08. The third kappa shape index (κ3) is 3.73. The minimum Gasteiger partial charge on any atom is -0.394 e. The van der Waals surface area contributed by atoms with E-state index >= 15 is 0 Å². The smallest absolute Gasteiger partial charge is 0.133 e. The van der Waals surface area contributed by atoms with Gasteiger partial charge >= 0.3 is 0 Å². The van der Waals surface area contributed by atoms with Crippen LogP contribution >= 0.6 is 12.2 Å². The van der Waals surface area contributed by atoms with E-state index in [2.05, 4.69) is 4.90 Å². The summed E-state index contributed by atoms with van der Waals surface area (Å²) < 4.78 is 19.1. The Labute approximate surface area is 123 Å². The zero-order chi connectivity index (χ0) is 14.7. The third-order valence-electron chi connectivity index (χ3n) is 3.31. The highest BCUT2D eigenvalue weighted by atomic mass is 32.1. The Morgan fingerprint density at radius 3 is 2.95 bits per heavy atom. The van der Waals surface area contributed by atoms with Gasteiger partial charge in [0.1, 0.15) is 10.8 Å². The van der Waals surface area contributed by atoms with Crippen LogP contribution in [0.3, 0.4) is 0 Å². The number of halogens is 1. The number of aliphatic hydroxyl groups excluding tert-OH is 1. The molecule has 0 spiro atoms. The lowest BCUT2D eigenvalue weighted by Gasteiger charge is -2.36. The number of nitrogens with two attached hydrogens (primary N) is 1. The molecule has 2 atom stereocenters. The summed E-state index contributed by atoms with van der Waals surface area (Å²) in [6.45, 7) is 4.05. The van der Waals surface area contributed by atoms with Crippen molar-refractivity contribution in [3.05, 3.63) is 35.1 Å². The molecule has 0 amide bonds. The second-order valence-electron chi connectivity index (χ2n) is 5.12. The van der Waals surface area contributed by atoms with Crippen LogP contribution in [0.25, 0.3) is 0 Å². The number of nitrogens with zero attached hydrogens (tertiary/aromatic N) is 1. The largest absolute Gasteiger partial charge is 0.394 e. The van der Waals surface area contributed by atoms with Crippen LogP contribution in [0.1, 0.15) is 18.1 Å². The molecule has 0 bridgehead atoms. The molecule has 1 heterocycles. The number of benzene rings is 1. The lowest BCUT2D eigenvalue weighted by atomic mass is 10.1. The molecular formula is C14H19FN2O2S.